The zero-order chi connectivity index (χ0) is 12.8. The molecule has 0 aliphatic heterocycles. The van der Waals surface area contributed by atoms with Crippen molar-refractivity contribution in [3.8, 4) is 0 Å². The van der Waals surface area contributed by atoms with Crippen LogP contribution in [0.25, 0.3) is 0 Å². The number of likely N-dealkylation sites (N-methyl/N-ethyl adjacent to an activating group) is 1. The number of hydrogen-bond donors (Lipinski definition) is 2. The van der Waals surface area contributed by atoms with Crippen molar-refractivity contribution in [2.24, 2.45) is 0 Å². The average Bonchev–Trinajstić information content (AvgIpc) is 2.28. The number of rotatable bonds is 6. The molecule has 0 saturated carbocycles. The van der Waals surface area contributed by atoms with Gasteiger partial charge in [0.2, 0.25) is 0 Å². The first-order chi connectivity index (χ1) is 8.06. The summed E-state index contributed by atoms with van der Waals surface area (Å²) in [5, 5.41) is 16.8. The van der Waals surface area contributed by atoms with E-state index in [-0.39, 0.29) is 5.69 Å². The molecule has 0 fully saturated rings. The molecule has 0 amide bonds. The molecule has 0 bridgehead atoms. The Labute approximate surface area is 99.2 Å². The molecule has 0 unspecified atom stereocenters. The molecule has 0 heterocycles. The fourth-order valence-electron chi connectivity index (χ4n) is 1.43. The maximum absolute atomic E-state index is 13.2. The molecule has 6 heteroatoms. The van der Waals surface area contributed by atoms with Crippen LogP contribution in [0.5, 0.6) is 0 Å². The van der Waals surface area contributed by atoms with Crippen LogP contribution in [0.4, 0.5) is 15.8 Å². The number of nitrogens with zero attached hydrogens (tertiary/aromatic N) is 1. The van der Waals surface area contributed by atoms with Gasteiger partial charge >= 0.3 is 0 Å². The third-order valence-corrected chi connectivity index (χ3v) is 2.34. The van der Waals surface area contributed by atoms with E-state index >= 15 is 0 Å². The Bertz CT molecular complexity index is 410. The zero-order valence-electron chi connectivity index (χ0n) is 9.92. The van der Waals surface area contributed by atoms with Crippen molar-refractivity contribution >= 4 is 11.4 Å². The summed E-state index contributed by atoms with van der Waals surface area (Å²) in [5.41, 5.74) is 0.512. The maximum atomic E-state index is 13.2. The first-order valence-corrected chi connectivity index (χ1v) is 5.45. The molecule has 1 rings (SSSR count). The fourth-order valence-corrected chi connectivity index (χ4v) is 1.43. The van der Waals surface area contributed by atoms with Crippen molar-refractivity contribution in [3.63, 3.8) is 0 Å². The highest BCUT2D eigenvalue weighted by Crippen LogP contribution is 2.27. The number of nitro groups is 1. The van der Waals surface area contributed by atoms with Gasteiger partial charge in [0.1, 0.15) is 11.5 Å². The normalized spacial score (nSPS) is 10.3. The quantitative estimate of drug-likeness (QED) is 0.454. The van der Waals surface area contributed by atoms with Crippen molar-refractivity contribution in [1.29, 1.82) is 0 Å². The van der Waals surface area contributed by atoms with Gasteiger partial charge in [0.25, 0.3) is 5.69 Å². The lowest BCUT2D eigenvalue weighted by Gasteiger charge is -2.08. The number of hydrogen-bond acceptors (Lipinski definition) is 4. The molecule has 1 aromatic rings. The number of anilines is 1. The van der Waals surface area contributed by atoms with E-state index in [1.54, 1.807) is 6.92 Å². The van der Waals surface area contributed by atoms with Gasteiger partial charge in [0.15, 0.2) is 0 Å². The second-order valence-electron chi connectivity index (χ2n) is 3.66. The number of nitro benzene ring substituents is 1. The molecule has 17 heavy (non-hydrogen) atoms. The van der Waals surface area contributed by atoms with E-state index in [0.29, 0.717) is 24.3 Å². The topological polar surface area (TPSA) is 67.2 Å². The Balaban J connectivity index is 2.81. The molecule has 0 radical (unpaired) electrons. The molecule has 0 spiro atoms. The predicted molar refractivity (Wildman–Crippen MR) is 64.8 cm³/mol. The molecule has 94 valence electrons. The molecule has 0 aliphatic carbocycles. The van der Waals surface area contributed by atoms with Gasteiger partial charge < -0.3 is 10.6 Å². The minimum absolute atomic E-state index is 0.232. The fraction of sp³-hybridized carbons (Fsp3) is 0.455. The molecule has 0 aromatic heterocycles. The second-order valence-corrected chi connectivity index (χ2v) is 3.66. The first kappa shape index (κ1) is 13.4. The van der Waals surface area contributed by atoms with Crippen LogP contribution in [-0.4, -0.2) is 24.6 Å². The van der Waals surface area contributed by atoms with E-state index in [4.69, 9.17) is 0 Å². The van der Waals surface area contributed by atoms with Crippen LogP contribution in [0.1, 0.15) is 12.5 Å². The van der Waals surface area contributed by atoms with Gasteiger partial charge in [-0.15, -0.1) is 0 Å². The van der Waals surface area contributed by atoms with Gasteiger partial charge in [-0.3, -0.25) is 10.1 Å². The third-order valence-electron chi connectivity index (χ3n) is 2.34. The second kappa shape index (κ2) is 6.15. The summed E-state index contributed by atoms with van der Waals surface area (Å²) in [4.78, 5) is 10.2. The molecule has 2 N–H and O–H groups in total. The third kappa shape index (κ3) is 3.67. The number of aryl methyl sites for hydroxylation is 1. The number of benzene rings is 1. The summed E-state index contributed by atoms with van der Waals surface area (Å²) in [6.07, 6.45) is 0. The summed E-state index contributed by atoms with van der Waals surface area (Å²) in [6, 6.07) is 2.41. The van der Waals surface area contributed by atoms with Gasteiger partial charge in [-0.2, -0.15) is 0 Å². The Morgan fingerprint density at radius 1 is 1.41 bits per heavy atom. The summed E-state index contributed by atoms with van der Waals surface area (Å²) in [7, 11) is 0. The summed E-state index contributed by atoms with van der Waals surface area (Å²) in [5.74, 6) is -0.561. The standard InChI is InChI=1S/C11H16FN3O2/c1-3-13-4-5-14-10-6-8(2)9(12)7-11(10)15(16)17/h6-7,13-14H,3-5H2,1-2H3. The highest BCUT2D eigenvalue weighted by Gasteiger charge is 2.16. The van der Waals surface area contributed by atoms with Crippen LogP contribution >= 0.6 is 0 Å². The van der Waals surface area contributed by atoms with Crippen molar-refractivity contribution in [3.05, 3.63) is 33.6 Å². The highest BCUT2D eigenvalue weighted by atomic mass is 19.1. The molecular formula is C11H16FN3O2. The van der Waals surface area contributed by atoms with E-state index < -0.39 is 10.7 Å². The van der Waals surface area contributed by atoms with Crippen LogP contribution < -0.4 is 10.6 Å². The van der Waals surface area contributed by atoms with Crippen molar-refractivity contribution in [2.75, 3.05) is 25.0 Å². The summed E-state index contributed by atoms with van der Waals surface area (Å²) in [6.45, 7) is 5.65. The van der Waals surface area contributed by atoms with E-state index in [1.165, 1.54) is 6.07 Å². The summed E-state index contributed by atoms with van der Waals surface area (Å²) >= 11 is 0. The molecule has 0 saturated heterocycles. The van der Waals surface area contributed by atoms with Crippen LogP contribution in [0.15, 0.2) is 12.1 Å². The Morgan fingerprint density at radius 2 is 2.12 bits per heavy atom. The largest absolute Gasteiger partial charge is 0.378 e. The zero-order valence-corrected chi connectivity index (χ0v) is 9.92. The number of halogens is 1. The lowest BCUT2D eigenvalue weighted by atomic mass is 10.2. The molecular weight excluding hydrogens is 225 g/mol. The van der Waals surface area contributed by atoms with Gasteiger partial charge in [0, 0.05) is 13.1 Å². The Morgan fingerprint density at radius 3 is 2.71 bits per heavy atom. The molecule has 0 atom stereocenters. The van der Waals surface area contributed by atoms with Crippen molar-refractivity contribution in [2.45, 2.75) is 13.8 Å². The van der Waals surface area contributed by atoms with Crippen LogP contribution in [0.2, 0.25) is 0 Å². The maximum Gasteiger partial charge on any atom is 0.295 e. The van der Waals surface area contributed by atoms with E-state index in [2.05, 4.69) is 10.6 Å². The van der Waals surface area contributed by atoms with E-state index in [0.717, 1.165) is 12.6 Å². The van der Waals surface area contributed by atoms with Gasteiger partial charge in [0.05, 0.1) is 11.0 Å². The van der Waals surface area contributed by atoms with Crippen LogP contribution in [0.3, 0.4) is 0 Å². The lowest BCUT2D eigenvalue weighted by molar-refractivity contribution is -0.384. The monoisotopic (exact) mass is 241 g/mol. The molecule has 1 aromatic carbocycles. The SMILES string of the molecule is CCNCCNc1cc(C)c(F)cc1[N+](=O)[O-]. The lowest BCUT2D eigenvalue weighted by Crippen LogP contribution is -2.21. The van der Waals surface area contributed by atoms with E-state index in [1.807, 2.05) is 6.92 Å². The van der Waals surface area contributed by atoms with Crippen LogP contribution in [0, 0.1) is 22.9 Å². The van der Waals surface area contributed by atoms with E-state index in [9.17, 15) is 14.5 Å². The van der Waals surface area contributed by atoms with Gasteiger partial charge in [-0.25, -0.2) is 4.39 Å². The highest BCUT2D eigenvalue weighted by molar-refractivity contribution is 5.63. The van der Waals surface area contributed by atoms with Crippen LogP contribution in [-0.2, 0) is 0 Å². The predicted octanol–water partition coefficient (Wildman–Crippen LogP) is 2.06. The summed E-state index contributed by atoms with van der Waals surface area (Å²) < 4.78 is 13.2. The van der Waals surface area contributed by atoms with Crippen molar-refractivity contribution in [1.82, 2.24) is 5.32 Å². The first-order valence-electron chi connectivity index (χ1n) is 5.45. The molecule has 0 aliphatic rings. The van der Waals surface area contributed by atoms with Crippen molar-refractivity contribution < 1.29 is 9.31 Å². The molecule has 5 nitrogen and oxygen atoms in total. The van der Waals surface area contributed by atoms with Gasteiger partial charge in [-0.1, -0.05) is 6.92 Å². The number of nitrogens with one attached hydrogen (secondary N) is 2. The minimum atomic E-state index is -0.585. The van der Waals surface area contributed by atoms with Gasteiger partial charge in [-0.05, 0) is 25.1 Å². The Kier molecular flexibility index (Phi) is 4.84. The Hall–Kier alpha value is -1.69. The minimum Gasteiger partial charge on any atom is -0.378 e. The average molecular weight is 241 g/mol. The smallest absolute Gasteiger partial charge is 0.295 e.